The first-order valence-electron chi connectivity index (χ1n) is 13.9. The molecule has 0 spiro atoms. The summed E-state index contributed by atoms with van der Waals surface area (Å²) >= 11 is 0. The molecule has 2 aromatic rings. The van der Waals surface area contributed by atoms with E-state index in [2.05, 4.69) is 15.2 Å². The van der Waals surface area contributed by atoms with E-state index in [1.54, 1.807) is 50.5 Å². The molecule has 0 radical (unpaired) electrons. The van der Waals surface area contributed by atoms with Gasteiger partial charge in [-0.25, -0.2) is 4.79 Å². The summed E-state index contributed by atoms with van der Waals surface area (Å²) in [6.45, 7) is 5.54. The largest absolute Gasteiger partial charge is 0.491 e. The van der Waals surface area contributed by atoms with Crippen LogP contribution in [0.5, 0.6) is 5.75 Å². The second kappa shape index (κ2) is 16.0. The molecule has 41 heavy (non-hydrogen) atoms. The van der Waals surface area contributed by atoms with Crippen molar-refractivity contribution >= 4 is 35.4 Å². The smallest absolute Gasteiger partial charge is 0.330 e. The Hall–Kier alpha value is -4.41. The van der Waals surface area contributed by atoms with Crippen LogP contribution in [0.25, 0.3) is 6.08 Å². The number of benzene rings is 1. The van der Waals surface area contributed by atoms with Gasteiger partial charge in [-0.3, -0.25) is 20.0 Å². The van der Waals surface area contributed by atoms with E-state index >= 15 is 0 Å². The Kier molecular flexibility index (Phi) is 12.1. The minimum Gasteiger partial charge on any atom is -0.491 e. The summed E-state index contributed by atoms with van der Waals surface area (Å²) in [7, 11) is 0. The lowest BCUT2D eigenvalue weighted by Crippen LogP contribution is -2.46. The molecule has 2 heterocycles. The number of piperidine rings is 1. The van der Waals surface area contributed by atoms with Gasteiger partial charge in [-0.1, -0.05) is 12.1 Å². The first kappa shape index (κ1) is 31.1. The number of ether oxygens (including phenoxy) is 3. The maximum absolute atomic E-state index is 13.3. The summed E-state index contributed by atoms with van der Waals surface area (Å²) in [5.41, 5.74) is 7.78. The number of hydrogen-bond donors (Lipinski definition) is 3. The molecule has 1 aliphatic rings. The topological polar surface area (TPSA) is 157 Å². The number of hydrogen-bond acceptors (Lipinski definition) is 9. The molecule has 11 nitrogen and oxygen atoms in total. The van der Waals surface area contributed by atoms with E-state index in [-0.39, 0.29) is 49.9 Å². The molecular formula is C30H39N5O6. The van der Waals surface area contributed by atoms with Crippen molar-refractivity contribution in [3.05, 3.63) is 59.9 Å². The number of aromatic nitrogens is 1. The number of esters is 2. The van der Waals surface area contributed by atoms with E-state index < -0.39 is 12.0 Å². The minimum absolute atomic E-state index is 0.0581. The summed E-state index contributed by atoms with van der Waals surface area (Å²) in [4.78, 5) is 43.5. The summed E-state index contributed by atoms with van der Waals surface area (Å²) in [6, 6.07) is 8.38. The third kappa shape index (κ3) is 9.93. The number of pyridine rings is 1. The average molecular weight is 566 g/mol. The van der Waals surface area contributed by atoms with Crippen LogP contribution in [0.2, 0.25) is 0 Å². The molecule has 1 atom stereocenters. The van der Waals surface area contributed by atoms with E-state index in [0.29, 0.717) is 36.1 Å². The number of amides is 1. The highest BCUT2D eigenvalue weighted by atomic mass is 16.5. The predicted molar refractivity (Wildman–Crippen MR) is 156 cm³/mol. The van der Waals surface area contributed by atoms with E-state index in [1.807, 2.05) is 12.1 Å². The average Bonchev–Trinajstić information content (AvgIpc) is 2.98. The highest BCUT2D eigenvalue weighted by molar-refractivity contribution is 5.96. The SMILES string of the molecule is CCOC(=O)/C=C/c1ccc(C(=N)N)cc1OCC(CCC(=O)OCC)NC(=O)C1CCN(c2ccncc2)CC1. The van der Waals surface area contributed by atoms with Gasteiger partial charge in [0, 0.05) is 60.7 Å². The standard InChI is InChI=1S/C30H39N5O6/c1-3-39-27(36)9-7-21-5-6-23(29(31)32)19-26(21)41-20-24(8-10-28(37)40-4-2)34-30(38)22-13-17-35(18-14-22)25-11-15-33-16-12-25/h5-7,9,11-12,15-16,19,22,24H,3-4,8,10,13-14,17-18,20H2,1-2H3,(H3,31,32)(H,34,38)/b9-7+. The predicted octanol–water partition coefficient (Wildman–Crippen LogP) is 3.07. The van der Waals surface area contributed by atoms with Crippen molar-refractivity contribution in [2.24, 2.45) is 11.7 Å². The molecule has 1 amide bonds. The first-order chi connectivity index (χ1) is 19.8. The fourth-order valence-electron chi connectivity index (χ4n) is 4.50. The Morgan fingerprint density at radius 3 is 2.49 bits per heavy atom. The van der Waals surface area contributed by atoms with Crippen LogP contribution < -0.4 is 20.7 Å². The molecule has 11 heteroatoms. The Labute approximate surface area is 240 Å². The van der Waals surface area contributed by atoms with Crippen LogP contribution in [0.15, 0.2) is 48.8 Å². The van der Waals surface area contributed by atoms with Crippen LogP contribution in [-0.2, 0) is 23.9 Å². The van der Waals surface area contributed by atoms with Crippen LogP contribution in [0.3, 0.4) is 0 Å². The maximum Gasteiger partial charge on any atom is 0.330 e. The second-order valence-electron chi connectivity index (χ2n) is 9.58. The number of amidine groups is 1. The lowest BCUT2D eigenvalue weighted by atomic mass is 9.95. The number of rotatable bonds is 14. The van der Waals surface area contributed by atoms with E-state index in [1.165, 1.54) is 6.08 Å². The van der Waals surface area contributed by atoms with Crippen molar-refractivity contribution in [1.29, 1.82) is 5.41 Å². The summed E-state index contributed by atoms with van der Waals surface area (Å²) in [5.74, 6) is -0.864. The third-order valence-electron chi connectivity index (χ3n) is 6.69. The van der Waals surface area contributed by atoms with Crippen LogP contribution in [0.1, 0.15) is 50.7 Å². The Balaban J connectivity index is 1.69. The monoisotopic (exact) mass is 565 g/mol. The minimum atomic E-state index is -0.497. The van der Waals surface area contributed by atoms with Gasteiger partial charge in [-0.2, -0.15) is 0 Å². The van der Waals surface area contributed by atoms with Gasteiger partial charge in [0.15, 0.2) is 0 Å². The van der Waals surface area contributed by atoms with Crippen molar-refractivity contribution in [2.45, 2.75) is 45.6 Å². The fourth-order valence-corrected chi connectivity index (χ4v) is 4.50. The highest BCUT2D eigenvalue weighted by Crippen LogP contribution is 2.25. The van der Waals surface area contributed by atoms with Crippen molar-refractivity contribution in [1.82, 2.24) is 10.3 Å². The van der Waals surface area contributed by atoms with Crippen molar-refractivity contribution in [2.75, 3.05) is 37.8 Å². The van der Waals surface area contributed by atoms with Gasteiger partial charge >= 0.3 is 11.9 Å². The van der Waals surface area contributed by atoms with Gasteiger partial charge in [-0.15, -0.1) is 0 Å². The lowest BCUT2D eigenvalue weighted by molar-refractivity contribution is -0.143. The molecule has 220 valence electrons. The number of anilines is 1. The number of nitrogen functional groups attached to an aromatic ring is 1. The summed E-state index contributed by atoms with van der Waals surface area (Å²) in [5, 5.41) is 10.9. The van der Waals surface area contributed by atoms with Crippen molar-refractivity contribution in [3.63, 3.8) is 0 Å². The molecule has 1 aliphatic heterocycles. The molecule has 1 unspecified atom stereocenters. The van der Waals surface area contributed by atoms with Gasteiger partial charge in [-0.05, 0) is 57.4 Å². The fraction of sp³-hybridized carbons (Fsp3) is 0.433. The van der Waals surface area contributed by atoms with Crippen LogP contribution in [0, 0.1) is 11.3 Å². The molecule has 3 rings (SSSR count). The highest BCUT2D eigenvalue weighted by Gasteiger charge is 2.27. The zero-order valence-corrected chi connectivity index (χ0v) is 23.6. The quantitative estimate of drug-likeness (QED) is 0.136. The third-order valence-corrected chi connectivity index (χ3v) is 6.69. The second-order valence-corrected chi connectivity index (χ2v) is 9.58. The van der Waals surface area contributed by atoms with Gasteiger partial charge in [0.2, 0.25) is 5.91 Å². The van der Waals surface area contributed by atoms with E-state index in [4.69, 9.17) is 25.4 Å². The number of nitrogens with two attached hydrogens (primary N) is 1. The van der Waals surface area contributed by atoms with Gasteiger partial charge in [0.1, 0.15) is 18.2 Å². The molecule has 0 saturated carbocycles. The molecule has 1 fully saturated rings. The Bertz CT molecular complexity index is 1210. The summed E-state index contributed by atoms with van der Waals surface area (Å²) in [6.07, 6.45) is 8.19. The van der Waals surface area contributed by atoms with E-state index in [9.17, 15) is 14.4 Å². The van der Waals surface area contributed by atoms with Gasteiger partial charge in [0.25, 0.3) is 0 Å². The lowest BCUT2D eigenvalue weighted by Gasteiger charge is -2.33. The number of carbonyl (C=O) groups is 3. The molecular weight excluding hydrogens is 526 g/mol. The molecule has 1 aromatic heterocycles. The van der Waals surface area contributed by atoms with Crippen LogP contribution in [-0.4, -0.2) is 67.6 Å². The molecule has 1 saturated heterocycles. The first-order valence-corrected chi connectivity index (χ1v) is 13.9. The summed E-state index contributed by atoms with van der Waals surface area (Å²) < 4.78 is 16.1. The van der Waals surface area contributed by atoms with E-state index in [0.717, 1.165) is 18.8 Å². The van der Waals surface area contributed by atoms with Gasteiger partial charge in [0.05, 0.1) is 19.3 Å². The number of nitrogens with zero attached hydrogens (tertiary/aromatic N) is 2. The molecule has 4 N–H and O–H groups in total. The number of nitrogens with one attached hydrogen (secondary N) is 2. The normalized spacial score (nSPS) is 14.3. The Morgan fingerprint density at radius 1 is 1.12 bits per heavy atom. The number of carbonyl (C=O) groups excluding carboxylic acids is 3. The molecule has 0 aliphatic carbocycles. The van der Waals surface area contributed by atoms with Crippen molar-refractivity contribution in [3.8, 4) is 5.75 Å². The van der Waals surface area contributed by atoms with Crippen LogP contribution >= 0.6 is 0 Å². The zero-order valence-electron chi connectivity index (χ0n) is 23.6. The molecule has 0 bridgehead atoms. The zero-order chi connectivity index (χ0) is 29.6. The van der Waals surface area contributed by atoms with Gasteiger partial charge < -0.3 is 30.2 Å². The molecule has 1 aromatic carbocycles. The van der Waals surface area contributed by atoms with Crippen molar-refractivity contribution < 1.29 is 28.6 Å². The maximum atomic E-state index is 13.3. The van der Waals surface area contributed by atoms with Crippen LogP contribution in [0.4, 0.5) is 5.69 Å². The Morgan fingerprint density at radius 2 is 1.83 bits per heavy atom.